The van der Waals surface area contributed by atoms with Gasteiger partial charge in [-0.15, -0.1) is 0 Å². The van der Waals surface area contributed by atoms with Gasteiger partial charge in [-0.2, -0.15) is 0 Å². The number of pyridine rings is 2. The van der Waals surface area contributed by atoms with Crippen LogP contribution in [0.15, 0.2) is 16.9 Å². The van der Waals surface area contributed by atoms with Crippen molar-refractivity contribution in [2.24, 2.45) is 0 Å². The fraction of sp³-hybridized carbons (Fsp3) is 0.400. The zero-order valence-electron chi connectivity index (χ0n) is 18.3. The molecule has 2 N–H and O–H groups in total. The second-order valence-corrected chi connectivity index (χ2v) is 9.30. The number of nitrogens with zero attached hydrogens (tertiary/aromatic N) is 2. The molecule has 2 aromatic heterocycles. The minimum atomic E-state index is -1.48. The first-order chi connectivity index (χ1) is 16.6. The van der Waals surface area contributed by atoms with Gasteiger partial charge in [-0.25, -0.2) is 9.78 Å². The van der Waals surface area contributed by atoms with Crippen molar-refractivity contribution in [3.05, 3.63) is 50.3 Å². The Hall–Kier alpha value is -3.43. The number of benzene rings is 1. The molecular weight excluding hydrogens is 440 g/mol. The number of rotatable bonds is 3. The van der Waals surface area contributed by atoms with Gasteiger partial charge in [0.25, 0.3) is 5.56 Å². The summed E-state index contributed by atoms with van der Waals surface area (Å²) in [7, 11) is 0. The van der Waals surface area contributed by atoms with Crippen LogP contribution in [0.4, 0.5) is 0 Å². The van der Waals surface area contributed by atoms with Gasteiger partial charge in [0.1, 0.15) is 6.61 Å². The third-order valence-electron chi connectivity index (χ3n) is 7.59. The molecule has 3 aromatic rings. The lowest BCUT2D eigenvalue weighted by Crippen LogP contribution is -2.32. The molecule has 9 nitrogen and oxygen atoms in total. The van der Waals surface area contributed by atoms with Crippen LogP contribution in [0.25, 0.3) is 22.3 Å². The van der Waals surface area contributed by atoms with E-state index in [9.17, 15) is 19.8 Å². The lowest BCUT2D eigenvalue weighted by Gasteiger charge is -2.28. The Morgan fingerprint density at radius 3 is 2.85 bits per heavy atom. The molecule has 0 amide bonds. The number of aromatic nitrogens is 2. The monoisotopic (exact) mass is 462 g/mol. The van der Waals surface area contributed by atoms with E-state index in [1.54, 1.807) is 10.6 Å². The molecule has 0 saturated carbocycles. The van der Waals surface area contributed by atoms with Gasteiger partial charge >= 0.3 is 5.97 Å². The van der Waals surface area contributed by atoms with E-state index in [2.05, 4.69) is 0 Å². The van der Waals surface area contributed by atoms with Gasteiger partial charge in [0.05, 0.1) is 29.0 Å². The summed E-state index contributed by atoms with van der Waals surface area (Å²) in [6.07, 6.45) is 1.78. The Bertz CT molecular complexity index is 1480. The van der Waals surface area contributed by atoms with Crippen LogP contribution in [0.5, 0.6) is 11.5 Å². The van der Waals surface area contributed by atoms with Gasteiger partial charge in [0, 0.05) is 34.7 Å². The number of aliphatic hydroxyl groups is 2. The van der Waals surface area contributed by atoms with Gasteiger partial charge < -0.3 is 29.0 Å². The highest BCUT2D eigenvalue weighted by Gasteiger charge is 2.38. The molecule has 2 unspecified atom stereocenters. The van der Waals surface area contributed by atoms with Crippen LogP contribution in [0.1, 0.15) is 59.1 Å². The van der Waals surface area contributed by atoms with Crippen molar-refractivity contribution in [1.82, 2.24) is 9.55 Å². The summed E-state index contributed by atoms with van der Waals surface area (Å²) in [5, 5.41) is 21.0. The third-order valence-corrected chi connectivity index (χ3v) is 7.59. The van der Waals surface area contributed by atoms with Crippen molar-refractivity contribution in [1.29, 1.82) is 0 Å². The first-order valence-corrected chi connectivity index (χ1v) is 11.6. The summed E-state index contributed by atoms with van der Waals surface area (Å²) in [6.45, 7) is 0.523. The molecule has 0 fully saturated rings. The molecule has 0 bridgehead atoms. The molecule has 5 heterocycles. The van der Waals surface area contributed by atoms with E-state index in [0.29, 0.717) is 41.2 Å². The minimum Gasteiger partial charge on any atom is -0.458 e. The number of carbonyl (C=O) groups excluding carboxylic acids is 1. The number of fused-ring (bicyclic) bond motifs is 7. The van der Waals surface area contributed by atoms with Crippen LogP contribution in [-0.2, 0) is 29.1 Å². The van der Waals surface area contributed by atoms with Crippen molar-refractivity contribution < 1.29 is 29.2 Å². The van der Waals surface area contributed by atoms with E-state index in [4.69, 9.17) is 19.2 Å². The maximum Gasteiger partial charge on any atom is 0.340 e. The first kappa shape index (κ1) is 20.0. The quantitative estimate of drug-likeness (QED) is 0.444. The van der Waals surface area contributed by atoms with Crippen molar-refractivity contribution in [2.75, 3.05) is 13.4 Å². The number of carbonyl (C=O) groups is 1. The molecule has 7 rings (SSSR count). The second kappa shape index (κ2) is 7.04. The van der Waals surface area contributed by atoms with Crippen LogP contribution in [0.3, 0.4) is 0 Å². The number of hydrogen-bond donors (Lipinski definition) is 2. The Labute approximate surface area is 193 Å². The van der Waals surface area contributed by atoms with Gasteiger partial charge in [0.2, 0.25) is 6.79 Å². The van der Waals surface area contributed by atoms with Crippen LogP contribution in [0, 0.1) is 0 Å². The fourth-order valence-electron chi connectivity index (χ4n) is 6.06. The Kier molecular flexibility index (Phi) is 4.14. The summed E-state index contributed by atoms with van der Waals surface area (Å²) in [4.78, 5) is 30.3. The Morgan fingerprint density at radius 1 is 1.12 bits per heavy atom. The Morgan fingerprint density at radius 2 is 2.00 bits per heavy atom. The highest BCUT2D eigenvalue weighted by molar-refractivity contribution is 5.95. The van der Waals surface area contributed by atoms with E-state index >= 15 is 0 Å². The average molecular weight is 462 g/mol. The maximum atomic E-state index is 13.4. The molecule has 3 aliphatic heterocycles. The molecule has 4 aliphatic rings. The zero-order chi connectivity index (χ0) is 23.1. The molecule has 34 heavy (non-hydrogen) atoms. The molecule has 2 atom stereocenters. The van der Waals surface area contributed by atoms with Crippen molar-refractivity contribution in [3.8, 4) is 22.9 Å². The van der Waals surface area contributed by atoms with E-state index < -0.39 is 12.1 Å². The largest absolute Gasteiger partial charge is 0.458 e. The number of aryl methyl sites for hydroxylation is 1. The third kappa shape index (κ3) is 2.53. The Balaban J connectivity index is 1.52. The molecule has 174 valence electrons. The second-order valence-electron chi connectivity index (χ2n) is 9.30. The first-order valence-electron chi connectivity index (χ1n) is 11.6. The number of cyclic esters (lactones) is 1. The topological polar surface area (TPSA) is 120 Å². The normalized spacial score (nSPS) is 21.3. The predicted molar refractivity (Wildman–Crippen MR) is 119 cm³/mol. The van der Waals surface area contributed by atoms with Crippen LogP contribution in [0.2, 0.25) is 0 Å². The van der Waals surface area contributed by atoms with E-state index in [1.807, 2.05) is 6.07 Å². The number of aliphatic hydroxyl groups excluding tert-OH is 2. The highest BCUT2D eigenvalue weighted by Crippen LogP contribution is 2.51. The van der Waals surface area contributed by atoms with Crippen molar-refractivity contribution in [2.45, 2.75) is 50.9 Å². The molecule has 1 aromatic carbocycles. The lowest BCUT2D eigenvalue weighted by molar-refractivity contribution is -0.157. The SMILES string of the molecule is O=C1OCc2c(cc3n(c2=O)Cc2c-3nc3cc4c(c5c3c2C(CCCO)CC5)OCO4)C1O. The number of hydrogen-bond acceptors (Lipinski definition) is 8. The summed E-state index contributed by atoms with van der Waals surface area (Å²) >= 11 is 0. The molecule has 0 saturated heterocycles. The van der Waals surface area contributed by atoms with E-state index in [-0.39, 0.29) is 31.5 Å². The molecule has 0 spiro atoms. The minimum absolute atomic E-state index is 0.124. The van der Waals surface area contributed by atoms with Gasteiger partial charge in [-0.05, 0) is 43.2 Å². The molecule has 0 radical (unpaired) electrons. The summed E-state index contributed by atoms with van der Waals surface area (Å²) in [5.41, 5.74) is 5.61. The summed E-state index contributed by atoms with van der Waals surface area (Å²) < 4.78 is 18.1. The van der Waals surface area contributed by atoms with Crippen LogP contribution < -0.4 is 15.0 Å². The van der Waals surface area contributed by atoms with E-state index in [1.165, 1.54) is 0 Å². The smallest absolute Gasteiger partial charge is 0.340 e. The highest BCUT2D eigenvalue weighted by atomic mass is 16.7. The average Bonchev–Trinajstić information content (AvgIpc) is 3.46. The van der Waals surface area contributed by atoms with Crippen LogP contribution >= 0.6 is 0 Å². The zero-order valence-corrected chi connectivity index (χ0v) is 18.3. The van der Waals surface area contributed by atoms with Gasteiger partial charge in [-0.3, -0.25) is 4.79 Å². The maximum absolute atomic E-state index is 13.4. The summed E-state index contributed by atoms with van der Waals surface area (Å²) in [6, 6.07) is 3.60. The van der Waals surface area contributed by atoms with Gasteiger partial charge in [0.15, 0.2) is 17.6 Å². The number of ether oxygens (including phenoxy) is 3. The molecular formula is C25H22N2O7. The predicted octanol–water partition coefficient (Wildman–Crippen LogP) is 2.05. The van der Waals surface area contributed by atoms with Crippen molar-refractivity contribution in [3.63, 3.8) is 0 Å². The summed E-state index contributed by atoms with van der Waals surface area (Å²) in [5.74, 6) is 0.916. The number of esters is 1. The molecule has 1 aliphatic carbocycles. The van der Waals surface area contributed by atoms with Crippen molar-refractivity contribution >= 4 is 16.9 Å². The standard InChI is InChI=1S/C25H22N2O7/c28-5-1-2-11-3-4-12-20-16(7-18-23(12)34-10-33-18)26-21-14(19(11)20)8-27-17(21)6-13-15(24(27)30)9-32-25(31)22(13)29/h6-7,11,22,28-29H,1-5,8-10H2. The lowest BCUT2D eigenvalue weighted by atomic mass is 9.77. The van der Waals surface area contributed by atoms with E-state index in [0.717, 1.165) is 52.6 Å². The van der Waals surface area contributed by atoms with Gasteiger partial charge in [-0.1, -0.05) is 0 Å². The fourth-order valence-corrected chi connectivity index (χ4v) is 6.06. The van der Waals surface area contributed by atoms with Crippen LogP contribution in [-0.4, -0.2) is 39.1 Å². The molecule has 9 heteroatoms.